The summed E-state index contributed by atoms with van der Waals surface area (Å²) in [5, 5.41) is 12.3. The van der Waals surface area contributed by atoms with Crippen LogP contribution >= 0.6 is 34.9 Å². The monoisotopic (exact) mass is 339 g/mol. The molecular weight excluding hydrogens is 322 g/mol. The summed E-state index contributed by atoms with van der Waals surface area (Å²) in [6.45, 7) is 3.76. The number of benzene rings is 1. The van der Waals surface area contributed by atoms with E-state index >= 15 is 0 Å². The average molecular weight is 340 g/mol. The van der Waals surface area contributed by atoms with Crippen LogP contribution in [0.5, 0.6) is 5.75 Å². The van der Waals surface area contributed by atoms with Crippen LogP contribution in [0.15, 0.2) is 32.9 Å². The second-order valence-corrected chi connectivity index (χ2v) is 8.10. The number of nitrogens with one attached hydrogen (secondary N) is 1. The number of rotatable bonds is 5. The van der Waals surface area contributed by atoms with E-state index in [1.54, 1.807) is 34.9 Å². The molecule has 2 aromatic rings. The molecule has 0 spiro atoms. The molecule has 4 nitrogen and oxygen atoms in total. The van der Waals surface area contributed by atoms with E-state index in [2.05, 4.69) is 34.6 Å². The van der Waals surface area contributed by atoms with E-state index in [-0.39, 0.29) is 6.04 Å². The number of para-hydroxylation sites is 1. The van der Waals surface area contributed by atoms with Gasteiger partial charge in [0.05, 0.1) is 11.3 Å². The predicted molar refractivity (Wildman–Crippen MR) is 89.7 cm³/mol. The zero-order valence-corrected chi connectivity index (χ0v) is 14.4. The van der Waals surface area contributed by atoms with Crippen LogP contribution < -0.4 is 10.1 Å². The standard InChI is InChI=1S/C14H17N3OS3/c1-3-15-12-9-6-4-5-7-10(9)18-8-11(12)20-14-17-16-13(19-2)21-14/h4-7,11-12,15H,3,8H2,1-2H3. The summed E-state index contributed by atoms with van der Waals surface area (Å²) >= 11 is 5.04. The molecule has 2 heterocycles. The zero-order valence-electron chi connectivity index (χ0n) is 11.9. The van der Waals surface area contributed by atoms with Crippen molar-refractivity contribution in [2.45, 2.75) is 26.9 Å². The van der Waals surface area contributed by atoms with Crippen molar-refractivity contribution in [1.82, 2.24) is 15.5 Å². The van der Waals surface area contributed by atoms with Gasteiger partial charge in [-0.1, -0.05) is 60.0 Å². The maximum Gasteiger partial charge on any atom is 0.175 e. The molecule has 2 unspecified atom stereocenters. The van der Waals surface area contributed by atoms with Gasteiger partial charge in [0.15, 0.2) is 8.68 Å². The first-order chi connectivity index (χ1) is 10.3. The van der Waals surface area contributed by atoms with Gasteiger partial charge >= 0.3 is 0 Å². The van der Waals surface area contributed by atoms with Gasteiger partial charge in [0.2, 0.25) is 0 Å². The van der Waals surface area contributed by atoms with Crippen LogP contribution in [0.4, 0.5) is 0 Å². The summed E-state index contributed by atoms with van der Waals surface area (Å²) in [6.07, 6.45) is 2.02. The third kappa shape index (κ3) is 3.36. The summed E-state index contributed by atoms with van der Waals surface area (Å²) in [7, 11) is 0. The molecule has 112 valence electrons. The molecule has 3 rings (SSSR count). The number of ether oxygens (including phenoxy) is 1. The summed E-state index contributed by atoms with van der Waals surface area (Å²) in [5.41, 5.74) is 1.23. The lowest BCUT2D eigenvalue weighted by Gasteiger charge is -2.33. The first-order valence-electron chi connectivity index (χ1n) is 6.81. The van der Waals surface area contributed by atoms with Crippen LogP contribution in [-0.4, -0.2) is 34.9 Å². The molecule has 21 heavy (non-hydrogen) atoms. The van der Waals surface area contributed by atoms with Gasteiger partial charge in [0.1, 0.15) is 12.4 Å². The van der Waals surface area contributed by atoms with E-state index in [1.165, 1.54) is 5.56 Å². The Bertz CT molecular complexity index is 605. The molecule has 0 amide bonds. The van der Waals surface area contributed by atoms with Crippen LogP contribution in [0.2, 0.25) is 0 Å². The number of fused-ring (bicyclic) bond motifs is 1. The molecule has 1 aromatic carbocycles. The van der Waals surface area contributed by atoms with Crippen molar-refractivity contribution >= 4 is 34.9 Å². The lowest BCUT2D eigenvalue weighted by atomic mass is 10.0. The summed E-state index contributed by atoms with van der Waals surface area (Å²) in [4.78, 5) is 0. The fraction of sp³-hybridized carbons (Fsp3) is 0.429. The SMILES string of the molecule is CCNC1c2ccccc2OCC1Sc1nnc(SC)s1. The third-order valence-electron chi connectivity index (χ3n) is 3.27. The topological polar surface area (TPSA) is 47.0 Å². The van der Waals surface area contributed by atoms with E-state index in [0.29, 0.717) is 11.9 Å². The minimum Gasteiger partial charge on any atom is -0.492 e. The molecule has 0 bridgehead atoms. The van der Waals surface area contributed by atoms with Crippen molar-refractivity contribution in [3.8, 4) is 5.75 Å². The van der Waals surface area contributed by atoms with Gasteiger partial charge in [-0.3, -0.25) is 0 Å². The Kier molecular flexibility index (Phi) is 5.05. The van der Waals surface area contributed by atoms with E-state index in [1.807, 2.05) is 18.4 Å². The highest BCUT2D eigenvalue weighted by Crippen LogP contribution is 2.41. The third-order valence-corrected chi connectivity index (χ3v) is 6.49. The Balaban J connectivity index is 1.81. The van der Waals surface area contributed by atoms with Crippen LogP contribution in [0.3, 0.4) is 0 Å². The highest BCUT2D eigenvalue weighted by atomic mass is 32.2. The Morgan fingerprint density at radius 2 is 2.14 bits per heavy atom. The van der Waals surface area contributed by atoms with Crippen LogP contribution in [0.25, 0.3) is 0 Å². The molecule has 0 fully saturated rings. The minimum atomic E-state index is 0.284. The molecular formula is C14H17N3OS3. The second-order valence-electron chi connectivity index (χ2n) is 4.58. The number of hydrogen-bond acceptors (Lipinski definition) is 7. The van der Waals surface area contributed by atoms with Crippen molar-refractivity contribution in [2.75, 3.05) is 19.4 Å². The fourth-order valence-corrected chi connectivity index (χ4v) is 5.18. The Morgan fingerprint density at radius 1 is 1.33 bits per heavy atom. The van der Waals surface area contributed by atoms with Gasteiger partial charge in [-0.15, -0.1) is 10.2 Å². The largest absolute Gasteiger partial charge is 0.492 e. The maximum atomic E-state index is 5.91. The first-order valence-corrected chi connectivity index (χ1v) is 9.73. The lowest BCUT2D eigenvalue weighted by Crippen LogP contribution is -2.37. The smallest absolute Gasteiger partial charge is 0.175 e. The average Bonchev–Trinajstić information content (AvgIpc) is 2.97. The van der Waals surface area contributed by atoms with E-state index < -0.39 is 0 Å². The number of hydrogen-bond donors (Lipinski definition) is 1. The molecule has 0 saturated carbocycles. The van der Waals surface area contributed by atoms with Gasteiger partial charge in [0.25, 0.3) is 0 Å². The quantitative estimate of drug-likeness (QED) is 0.842. The van der Waals surface area contributed by atoms with Gasteiger partial charge in [-0.2, -0.15) is 0 Å². The summed E-state index contributed by atoms with van der Waals surface area (Å²) in [5.74, 6) is 0.988. The van der Waals surface area contributed by atoms with Crippen molar-refractivity contribution in [3.63, 3.8) is 0 Å². The van der Waals surface area contributed by atoms with Crippen LogP contribution in [0, 0.1) is 0 Å². The molecule has 0 radical (unpaired) electrons. The van der Waals surface area contributed by atoms with Crippen molar-refractivity contribution in [3.05, 3.63) is 29.8 Å². The molecule has 1 aliphatic heterocycles. The maximum absolute atomic E-state index is 5.91. The van der Waals surface area contributed by atoms with E-state index in [0.717, 1.165) is 21.0 Å². The molecule has 7 heteroatoms. The molecule has 2 atom stereocenters. The Morgan fingerprint density at radius 3 is 2.90 bits per heavy atom. The van der Waals surface area contributed by atoms with Crippen molar-refractivity contribution in [2.24, 2.45) is 0 Å². The highest BCUT2D eigenvalue weighted by molar-refractivity contribution is 8.03. The number of aromatic nitrogens is 2. The second kappa shape index (κ2) is 7.00. The van der Waals surface area contributed by atoms with Crippen molar-refractivity contribution in [1.29, 1.82) is 0 Å². The Hall–Kier alpha value is -0.760. The molecule has 1 N–H and O–H groups in total. The van der Waals surface area contributed by atoms with Gasteiger partial charge in [0, 0.05) is 5.56 Å². The van der Waals surface area contributed by atoms with Crippen molar-refractivity contribution < 1.29 is 4.74 Å². The fourth-order valence-electron chi connectivity index (χ4n) is 2.36. The summed E-state index contributed by atoms with van der Waals surface area (Å²) < 4.78 is 7.93. The lowest BCUT2D eigenvalue weighted by molar-refractivity contribution is 0.261. The van der Waals surface area contributed by atoms with Gasteiger partial charge in [-0.05, 0) is 18.9 Å². The minimum absolute atomic E-state index is 0.284. The highest BCUT2D eigenvalue weighted by Gasteiger charge is 2.31. The zero-order chi connectivity index (χ0) is 14.7. The predicted octanol–water partition coefficient (Wildman–Crippen LogP) is 3.46. The summed E-state index contributed by atoms with van der Waals surface area (Å²) in [6, 6.07) is 8.55. The number of thioether (sulfide) groups is 2. The van der Waals surface area contributed by atoms with Gasteiger partial charge < -0.3 is 10.1 Å². The Labute approximate surface area is 137 Å². The first kappa shape index (κ1) is 15.1. The van der Waals surface area contributed by atoms with E-state index in [9.17, 15) is 0 Å². The van der Waals surface area contributed by atoms with Gasteiger partial charge in [-0.25, -0.2) is 0 Å². The molecule has 0 saturated heterocycles. The normalized spacial score (nSPS) is 20.9. The van der Waals surface area contributed by atoms with Crippen LogP contribution in [-0.2, 0) is 0 Å². The molecule has 1 aliphatic rings. The van der Waals surface area contributed by atoms with E-state index in [4.69, 9.17) is 4.74 Å². The molecule has 0 aliphatic carbocycles. The van der Waals surface area contributed by atoms with Crippen LogP contribution in [0.1, 0.15) is 18.5 Å². The molecule has 1 aromatic heterocycles. The number of nitrogens with zero attached hydrogens (tertiary/aromatic N) is 2.